The maximum atomic E-state index is 10.5. The molecule has 1 heterocycles. The summed E-state index contributed by atoms with van der Waals surface area (Å²) in [6.45, 7) is 0. The minimum absolute atomic E-state index is 0.00809. The first kappa shape index (κ1) is 11.1. The zero-order valence-corrected chi connectivity index (χ0v) is 8.32. The number of aromatic nitrogens is 4. The Hall–Kier alpha value is -1.00. The molecule has 8 nitrogen and oxygen atoms in total. The fourth-order valence-corrected chi connectivity index (χ4v) is 1.73. The summed E-state index contributed by atoms with van der Waals surface area (Å²) in [5.41, 5.74) is 0. The zero-order valence-electron chi connectivity index (χ0n) is 6.69. The number of carbonyl (C=O) groups excluding carboxylic acids is 1. The van der Waals surface area contributed by atoms with Crippen LogP contribution in [0.15, 0.2) is 5.16 Å². The second kappa shape index (κ2) is 4.48. The Bertz CT molecular complexity index is 413. The molecule has 1 aromatic heterocycles. The van der Waals surface area contributed by atoms with E-state index in [2.05, 4.69) is 15.5 Å². The van der Waals surface area contributed by atoms with E-state index in [-0.39, 0.29) is 10.9 Å². The second-order valence-corrected chi connectivity index (χ2v) is 4.47. The van der Waals surface area contributed by atoms with Crippen molar-refractivity contribution in [2.75, 3.05) is 5.75 Å². The number of nitrogens with zero attached hydrogens (tertiary/aromatic N) is 4. The molecule has 0 fully saturated rings. The van der Waals surface area contributed by atoms with E-state index in [4.69, 9.17) is 4.55 Å². The van der Waals surface area contributed by atoms with Crippen molar-refractivity contribution in [3.8, 4) is 0 Å². The summed E-state index contributed by atoms with van der Waals surface area (Å²) < 4.78 is 30.3. The maximum absolute atomic E-state index is 10.5. The lowest BCUT2D eigenvalue weighted by Gasteiger charge is -1.98. The van der Waals surface area contributed by atoms with Gasteiger partial charge in [0, 0.05) is 0 Å². The van der Waals surface area contributed by atoms with Gasteiger partial charge in [0.1, 0.15) is 0 Å². The van der Waals surface area contributed by atoms with Crippen LogP contribution in [0.4, 0.5) is 0 Å². The molecule has 0 aliphatic rings. The zero-order chi connectivity index (χ0) is 10.6. The highest BCUT2D eigenvalue weighted by Crippen LogP contribution is 2.12. The van der Waals surface area contributed by atoms with Crippen molar-refractivity contribution < 1.29 is 17.8 Å². The van der Waals surface area contributed by atoms with E-state index in [0.29, 0.717) is 0 Å². The van der Waals surface area contributed by atoms with Crippen molar-refractivity contribution in [1.82, 2.24) is 20.2 Å². The summed E-state index contributed by atoms with van der Waals surface area (Å²) in [6, 6.07) is 0. The van der Waals surface area contributed by atoms with Gasteiger partial charge in [-0.25, -0.2) is 4.68 Å². The maximum Gasteiger partial charge on any atom is 0.285 e. The van der Waals surface area contributed by atoms with Gasteiger partial charge in [0.25, 0.3) is 10.1 Å². The lowest BCUT2D eigenvalue weighted by molar-refractivity contribution is 0.459. The number of hydrogen-bond donors (Lipinski definition) is 1. The normalized spacial score (nSPS) is 11.5. The molecule has 1 aromatic rings. The van der Waals surface area contributed by atoms with Crippen molar-refractivity contribution in [3.63, 3.8) is 0 Å². The quantitative estimate of drug-likeness (QED) is 0.497. The predicted octanol–water partition coefficient (Wildman–Crippen LogP) is -1.28. The van der Waals surface area contributed by atoms with E-state index in [9.17, 15) is 13.2 Å². The van der Waals surface area contributed by atoms with Crippen LogP contribution in [0, 0.1) is 0 Å². The van der Waals surface area contributed by atoms with Gasteiger partial charge in [0.15, 0.2) is 5.88 Å². The predicted molar refractivity (Wildman–Crippen MR) is 45.8 cm³/mol. The van der Waals surface area contributed by atoms with Crippen LogP contribution in [-0.2, 0) is 20.8 Å². The van der Waals surface area contributed by atoms with E-state index < -0.39 is 16.0 Å². The van der Waals surface area contributed by atoms with Gasteiger partial charge in [-0.3, -0.25) is 9.35 Å². The van der Waals surface area contributed by atoms with Gasteiger partial charge >= 0.3 is 0 Å². The first-order valence-electron chi connectivity index (χ1n) is 3.22. The number of tetrazole rings is 1. The molecule has 0 spiro atoms. The monoisotopic (exact) mass is 237 g/mol. The third kappa shape index (κ3) is 3.40. The molecule has 0 aromatic carbocycles. The van der Waals surface area contributed by atoms with E-state index >= 15 is 0 Å². The molecule has 0 saturated heterocycles. The van der Waals surface area contributed by atoms with E-state index in [1.807, 2.05) is 0 Å². The van der Waals surface area contributed by atoms with Crippen LogP contribution in [0.1, 0.15) is 0 Å². The van der Waals surface area contributed by atoms with Gasteiger partial charge in [-0.15, -0.1) is 5.10 Å². The average molecular weight is 237 g/mol. The number of thioether (sulfide) groups is 1. The van der Waals surface area contributed by atoms with Gasteiger partial charge in [0.2, 0.25) is 11.4 Å². The fraction of sp³-hybridized carbons (Fsp3) is 0.500. The van der Waals surface area contributed by atoms with Crippen molar-refractivity contribution in [3.05, 3.63) is 0 Å². The van der Waals surface area contributed by atoms with Crippen LogP contribution < -0.4 is 0 Å². The molecule has 0 aliphatic heterocycles. The molecule has 0 atom stereocenters. The Morgan fingerprint density at radius 2 is 2.29 bits per heavy atom. The minimum Gasteiger partial charge on any atom is -0.290 e. The lowest BCUT2D eigenvalue weighted by Crippen LogP contribution is -2.12. The molecule has 1 radical (unpaired) electrons. The van der Waals surface area contributed by atoms with Gasteiger partial charge in [-0.1, -0.05) is 11.8 Å². The largest absolute Gasteiger partial charge is 0.290 e. The standard InChI is InChI=1S/C4H5N4O4S2/c9-1-2-13-4-5-6-7-8(4)3-14(10,11)12/h2-3H2,(H,10,11,12). The summed E-state index contributed by atoms with van der Waals surface area (Å²) in [5, 5.41) is 10.1. The second-order valence-electron chi connectivity index (χ2n) is 2.11. The summed E-state index contributed by atoms with van der Waals surface area (Å²) >= 11 is 0.922. The van der Waals surface area contributed by atoms with Crippen LogP contribution in [0.25, 0.3) is 0 Å². The van der Waals surface area contributed by atoms with Crippen LogP contribution in [0.2, 0.25) is 0 Å². The van der Waals surface area contributed by atoms with Crippen LogP contribution in [0.3, 0.4) is 0 Å². The number of rotatable bonds is 5. The van der Waals surface area contributed by atoms with Crippen LogP contribution >= 0.6 is 11.8 Å². The van der Waals surface area contributed by atoms with Crippen molar-refractivity contribution >= 4 is 28.2 Å². The highest BCUT2D eigenvalue weighted by molar-refractivity contribution is 7.99. The molecule has 0 amide bonds. The minimum atomic E-state index is -4.19. The van der Waals surface area contributed by atoms with Gasteiger partial charge in [-0.2, -0.15) is 8.42 Å². The molecule has 0 unspecified atom stereocenters. The lowest BCUT2D eigenvalue weighted by atomic mass is 10.9. The van der Waals surface area contributed by atoms with Gasteiger partial charge in [-0.05, 0) is 10.4 Å². The number of hydrogen-bond acceptors (Lipinski definition) is 7. The topological polar surface area (TPSA) is 115 Å². The first-order chi connectivity index (χ1) is 6.53. The van der Waals surface area contributed by atoms with Crippen molar-refractivity contribution in [1.29, 1.82) is 0 Å². The smallest absolute Gasteiger partial charge is 0.285 e. The Morgan fingerprint density at radius 1 is 1.57 bits per heavy atom. The summed E-state index contributed by atoms with van der Waals surface area (Å²) in [6.07, 6.45) is 1.59. The van der Waals surface area contributed by atoms with Crippen molar-refractivity contribution in [2.45, 2.75) is 11.0 Å². The molecule has 1 N–H and O–H groups in total. The molecule has 0 saturated carbocycles. The van der Waals surface area contributed by atoms with Gasteiger partial charge in [0.05, 0.1) is 5.75 Å². The molecule has 0 aliphatic carbocycles. The average Bonchev–Trinajstić information content (AvgIpc) is 2.45. The summed E-state index contributed by atoms with van der Waals surface area (Å²) in [5.74, 6) is -0.743. The Labute approximate surface area is 83.4 Å². The molecular weight excluding hydrogens is 232 g/mol. The van der Waals surface area contributed by atoms with E-state index in [0.717, 1.165) is 16.4 Å². The Morgan fingerprint density at radius 3 is 2.86 bits per heavy atom. The third-order valence-electron chi connectivity index (χ3n) is 1.04. The summed E-state index contributed by atoms with van der Waals surface area (Å²) in [7, 11) is -4.19. The van der Waals surface area contributed by atoms with Crippen LogP contribution in [0.5, 0.6) is 0 Å². The van der Waals surface area contributed by atoms with Gasteiger partial charge < -0.3 is 0 Å². The molecule has 77 valence electrons. The first-order valence-corrected chi connectivity index (χ1v) is 5.81. The fourth-order valence-electron chi connectivity index (χ4n) is 0.629. The highest BCUT2D eigenvalue weighted by Gasteiger charge is 2.12. The Kier molecular flexibility index (Phi) is 3.55. The van der Waals surface area contributed by atoms with Crippen molar-refractivity contribution in [2.24, 2.45) is 0 Å². The Balaban J connectivity index is 2.77. The molecule has 1 rings (SSSR count). The third-order valence-corrected chi connectivity index (χ3v) is 2.43. The SMILES string of the molecule is O=[C]CSc1nnnn1CS(=O)(=O)O. The molecule has 14 heavy (non-hydrogen) atoms. The summed E-state index contributed by atoms with van der Waals surface area (Å²) in [4.78, 5) is 9.91. The molecular formula is C4H5N4O4S2. The van der Waals surface area contributed by atoms with Crippen LogP contribution in [-0.4, -0.2) is 45.2 Å². The molecule has 10 heteroatoms. The van der Waals surface area contributed by atoms with E-state index in [1.165, 1.54) is 0 Å². The highest BCUT2D eigenvalue weighted by atomic mass is 32.2. The molecule has 0 bridgehead atoms. The van der Waals surface area contributed by atoms with E-state index in [1.54, 1.807) is 6.29 Å².